The number of rotatable bonds is 15. The molecule has 232 valence electrons. The van der Waals surface area contributed by atoms with Gasteiger partial charge in [-0.3, -0.25) is 15.0 Å². The minimum atomic E-state index is -4.67. The number of anilines is 2. The summed E-state index contributed by atoms with van der Waals surface area (Å²) in [5, 5.41) is 16.1. The molecule has 0 amide bonds. The van der Waals surface area contributed by atoms with Gasteiger partial charge in [-0.05, 0) is 81.5 Å². The standard InChI is InChI=1S/C30H36F4N6O3/c1-21(41)27(38-29-36-19-23(20-40(29)42)30(32,33)34)13-16-39(17-18-43-26-11-8-24(31)9-12-26)15-3-2-6-25-10-7-22-5-4-14-35-28(22)37-25/h7-12,19-20,27,42H,2-6,13-18H2,1H3,(H,35,37)/p+1/t27-/m0/s1. The third-order valence-electron chi connectivity index (χ3n) is 7.26. The average Bonchev–Trinajstić information content (AvgIpc) is 2.97. The number of ether oxygens (including phenoxy) is 1. The van der Waals surface area contributed by atoms with Crippen LogP contribution < -0.4 is 20.1 Å². The molecule has 1 aliphatic rings. The Balaban J connectivity index is 1.34. The fourth-order valence-electron chi connectivity index (χ4n) is 4.82. The number of pyridine rings is 1. The number of aryl methyl sites for hydroxylation is 2. The second-order valence-electron chi connectivity index (χ2n) is 10.5. The van der Waals surface area contributed by atoms with Crippen molar-refractivity contribution in [1.82, 2.24) is 14.9 Å². The molecule has 3 N–H and O–H groups in total. The number of nitrogens with zero attached hydrogens (tertiary/aromatic N) is 4. The van der Waals surface area contributed by atoms with Crippen LogP contribution in [0.1, 0.15) is 49.4 Å². The molecule has 2 aromatic heterocycles. The fraction of sp³-hybridized carbons (Fsp3) is 0.467. The van der Waals surface area contributed by atoms with E-state index in [-0.39, 0.29) is 22.3 Å². The van der Waals surface area contributed by atoms with Gasteiger partial charge >= 0.3 is 12.1 Å². The Kier molecular flexibility index (Phi) is 11.1. The Morgan fingerprint density at radius 3 is 2.67 bits per heavy atom. The average molecular weight is 606 g/mol. The van der Waals surface area contributed by atoms with Crippen LogP contribution in [0.25, 0.3) is 0 Å². The number of unbranched alkanes of at least 4 members (excludes halogenated alkanes) is 1. The molecule has 0 saturated carbocycles. The third-order valence-corrected chi connectivity index (χ3v) is 7.26. The van der Waals surface area contributed by atoms with E-state index in [0.29, 0.717) is 50.8 Å². The molecular weight excluding hydrogens is 568 g/mol. The maximum Gasteiger partial charge on any atom is 0.428 e. The maximum atomic E-state index is 13.2. The summed E-state index contributed by atoms with van der Waals surface area (Å²) in [5.74, 6) is 0.630. The van der Waals surface area contributed by atoms with Gasteiger partial charge in [0.2, 0.25) is 0 Å². The van der Waals surface area contributed by atoms with Crippen LogP contribution in [-0.2, 0) is 23.8 Å². The van der Waals surface area contributed by atoms with Gasteiger partial charge in [0.1, 0.15) is 48.0 Å². The molecule has 0 saturated heterocycles. The number of halogens is 4. The minimum Gasteiger partial charge on any atom is -0.492 e. The summed E-state index contributed by atoms with van der Waals surface area (Å²) >= 11 is 0. The summed E-state index contributed by atoms with van der Waals surface area (Å²) in [6.07, 6.45) is 1.46. The van der Waals surface area contributed by atoms with Gasteiger partial charge in [0.05, 0.1) is 0 Å². The number of ketones is 1. The largest absolute Gasteiger partial charge is 0.492 e. The number of benzene rings is 1. The Morgan fingerprint density at radius 2 is 1.95 bits per heavy atom. The first-order valence-electron chi connectivity index (χ1n) is 14.4. The van der Waals surface area contributed by atoms with Crippen LogP contribution in [0.2, 0.25) is 0 Å². The van der Waals surface area contributed by atoms with Gasteiger partial charge in [-0.1, -0.05) is 15.8 Å². The van der Waals surface area contributed by atoms with E-state index in [1.807, 2.05) is 0 Å². The van der Waals surface area contributed by atoms with Crippen LogP contribution in [0.15, 0.2) is 48.8 Å². The molecule has 3 aromatic rings. The van der Waals surface area contributed by atoms with Crippen molar-refractivity contribution in [2.24, 2.45) is 0 Å². The van der Waals surface area contributed by atoms with Crippen molar-refractivity contribution in [3.8, 4) is 5.75 Å². The molecule has 0 spiro atoms. The monoisotopic (exact) mass is 605 g/mol. The van der Waals surface area contributed by atoms with E-state index in [1.165, 1.54) is 24.6 Å². The maximum absolute atomic E-state index is 13.2. The van der Waals surface area contributed by atoms with E-state index in [4.69, 9.17) is 9.72 Å². The van der Waals surface area contributed by atoms with Gasteiger partial charge in [0, 0.05) is 31.7 Å². The molecule has 0 radical (unpaired) electrons. The van der Waals surface area contributed by atoms with Gasteiger partial charge in [0.25, 0.3) is 0 Å². The zero-order chi connectivity index (χ0) is 30.8. The number of alkyl halides is 3. The van der Waals surface area contributed by atoms with E-state index in [2.05, 4.69) is 32.7 Å². The Labute approximate surface area is 247 Å². The van der Waals surface area contributed by atoms with Crippen LogP contribution in [0.4, 0.5) is 29.3 Å². The third kappa shape index (κ3) is 9.77. The second kappa shape index (κ2) is 14.9. The van der Waals surface area contributed by atoms with E-state index < -0.39 is 17.8 Å². The van der Waals surface area contributed by atoms with Gasteiger partial charge in [-0.2, -0.15) is 13.2 Å². The number of hydrogen-bond donors (Lipinski definition) is 3. The molecule has 4 rings (SSSR count). The van der Waals surface area contributed by atoms with Crippen molar-refractivity contribution in [1.29, 1.82) is 0 Å². The molecule has 1 aromatic carbocycles. The minimum absolute atomic E-state index is 0.233. The number of fused-ring (bicyclic) bond motifs is 1. The SMILES string of the molecule is CC(=O)[C@H](CCN(CCCCc1ccc2c(n1)NCCC2)CCOc1ccc(F)cc1)Nc1ncc(C(F)(F)F)c[n+]1O. The summed E-state index contributed by atoms with van der Waals surface area (Å²) in [7, 11) is 0. The molecule has 9 nitrogen and oxygen atoms in total. The van der Waals surface area contributed by atoms with Gasteiger partial charge in [-0.15, -0.1) is 0 Å². The van der Waals surface area contributed by atoms with Crippen molar-refractivity contribution in [3.63, 3.8) is 0 Å². The van der Waals surface area contributed by atoms with Crippen molar-refractivity contribution >= 4 is 17.5 Å². The number of nitrogens with one attached hydrogen (secondary N) is 2. The quantitative estimate of drug-likeness (QED) is 0.0994. The summed E-state index contributed by atoms with van der Waals surface area (Å²) in [4.78, 5) is 22.9. The van der Waals surface area contributed by atoms with E-state index in [1.54, 1.807) is 12.1 Å². The van der Waals surface area contributed by atoms with Gasteiger partial charge in [0.15, 0.2) is 5.78 Å². The second-order valence-corrected chi connectivity index (χ2v) is 10.5. The molecule has 43 heavy (non-hydrogen) atoms. The van der Waals surface area contributed by atoms with Crippen LogP contribution in [0, 0.1) is 5.82 Å². The molecule has 1 atom stereocenters. The number of carbonyl (C=O) groups is 1. The van der Waals surface area contributed by atoms with Crippen molar-refractivity contribution < 1.29 is 37.0 Å². The first-order chi connectivity index (χ1) is 20.6. The zero-order valence-electron chi connectivity index (χ0n) is 24.0. The lowest BCUT2D eigenvalue weighted by Gasteiger charge is -2.24. The summed E-state index contributed by atoms with van der Waals surface area (Å²) in [5.41, 5.74) is 1.16. The summed E-state index contributed by atoms with van der Waals surface area (Å²) in [6.45, 7) is 4.34. The molecule has 1 aliphatic heterocycles. The fourth-order valence-corrected chi connectivity index (χ4v) is 4.82. The molecule has 3 heterocycles. The van der Waals surface area contributed by atoms with Crippen molar-refractivity contribution in [2.75, 3.05) is 43.4 Å². The van der Waals surface area contributed by atoms with Crippen molar-refractivity contribution in [2.45, 2.75) is 57.7 Å². The smallest absolute Gasteiger partial charge is 0.428 e. The van der Waals surface area contributed by atoms with Crippen LogP contribution in [0.5, 0.6) is 5.75 Å². The zero-order valence-corrected chi connectivity index (χ0v) is 24.0. The number of aromatic nitrogens is 3. The summed E-state index contributed by atoms with van der Waals surface area (Å²) in [6, 6.07) is 9.17. The Bertz CT molecular complexity index is 1360. The molecular formula is C30H37F4N6O3+. The van der Waals surface area contributed by atoms with E-state index in [0.717, 1.165) is 50.2 Å². The topological polar surface area (TPSA) is 103 Å². The van der Waals surface area contributed by atoms with E-state index in [9.17, 15) is 27.6 Å². The van der Waals surface area contributed by atoms with Crippen LogP contribution in [0.3, 0.4) is 0 Å². The molecule has 0 fully saturated rings. The normalized spacial score (nSPS) is 13.7. The van der Waals surface area contributed by atoms with Gasteiger partial charge < -0.3 is 15.3 Å². The van der Waals surface area contributed by atoms with Gasteiger partial charge in [-0.25, -0.2) is 9.37 Å². The first kappa shape index (κ1) is 31.9. The lowest BCUT2D eigenvalue weighted by Crippen LogP contribution is -2.42. The van der Waals surface area contributed by atoms with Crippen molar-refractivity contribution in [3.05, 3.63) is 71.4 Å². The predicted octanol–water partition coefficient (Wildman–Crippen LogP) is 4.68. The Hall–Kier alpha value is -4.00. The molecule has 13 heteroatoms. The highest BCUT2D eigenvalue weighted by atomic mass is 19.4. The predicted molar refractivity (Wildman–Crippen MR) is 152 cm³/mol. The number of hydrogen-bond acceptors (Lipinski definition) is 8. The number of Topliss-reactive ketones (excluding diaryl/α,β-unsaturated/α-hetero) is 1. The van der Waals surface area contributed by atoms with E-state index >= 15 is 0 Å². The Morgan fingerprint density at radius 1 is 1.16 bits per heavy atom. The highest BCUT2D eigenvalue weighted by Gasteiger charge is 2.35. The lowest BCUT2D eigenvalue weighted by molar-refractivity contribution is -0.895. The molecule has 0 unspecified atom stereocenters. The molecule has 0 bridgehead atoms. The van der Waals surface area contributed by atoms with Crippen LogP contribution >= 0.6 is 0 Å². The van der Waals surface area contributed by atoms with Crippen LogP contribution in [-0.4, -0.2) is 64.7 Å². The highest BCUT2D eigenvalue weighted by Crippen LogP contribution is 2.27. The number of carbonyl (C=O) groups excluding carboxylic acids is 1. The summed E-state index contributed by atoms with van der Waals surface area (Å²) < 4.78 is 58.1. The molecule has 0 aliphatic carbocycles. The first-order valence-corrected chi connectivity index (χ1v) is 14.4. The highest BCUT2D eigenvalue weighted by molar-refractivity contribution is 5.83. The lowest BCUT2D eigenvalue weighted by atomic mass is 10.1.